The van der Waals surface area contributed by atoms with Gasteiger partial charge in [-0.25, -0.2) is 0 Å². The number of aromatic nitrogens is 2. The van der Waals surface area contributed by atoms with Crippen LogP contribution in [0, 0.1) is 13.8 Å². The summed E-state index contributed by atoms with van der Waals surface area (Å²) in [4.78, 5) is 0. The van der Waals surface area contributed by atoms with Crippen LogP contribution < -0.4 is 5.32 Å². The zero-order valence-electron chi connectivity index (χ0n) is 10.2. The van der Waals surface area contributed by atoms with Crippen LogP contribution >= 0.6 is 11.6 Å². The summed E-state index contributed by atoms with van der Waals surface area (Å²) in [5, 5.41) is 8.12. The second-order valence-corrected chi connectivity index (χ2v) is 4.45. The summed E-state index contributed by atoms with van der Waals surface area (Å²) in [6, 6.07) is 3.62. The van der Waals surface area contributed by atoms with Crippen molar-refractivity contribution < 1.29 is 4.42 Å². The van der Waals surface area contributed by atoms with Gasteiger partial charge in [0, 0.05) is 24.8 Å². The standard InChI is InChI=1S/C12H16ClN3O/c1-8-11(9(2)16(3)15-8)7-14-6-10-4-5-12(13)17-10/h4-5,14H,6-7H2,1-3H3. The molecule has 0 aromatic carbocycles. The topological polar surface area (TPSA) is 43.0 Å². The summed E-state index contributed by atoms with van der Waals surface area (Å²) in [5.74, 6) is 0.842. The van der Waals surface area contributed by atoms with Gasteiger partial charge in [-0.15, -0.1) is 0 Å². The average molecular weight is 254 g/mol. The summed E-state index contributed by atoms with van der Waals surface area (Å²) < 4.78 is 7.17. The summed E-state index contributed by atoms with van der Waals surface area (Å²) in [5.41, 5.74) is 3.49. The lowest BCUT2D eigenvalue weighted by atomic mass is 10.2. The molecule has 0 aliphatic heterocycles. The first-order valence-electron chi connectivity index (χ1n) is 5.52. The van der Waals surface area contributed by atoms with Crippen LogP contribution in [0.25, 0.3) is 0 Å². The van der Waals surface area contributed by atoms with Crippen molar-refractivity contribution in [3.8, 4) is 0 Å². The van der Waals surface area contributed by atoms with Gasteiger partial charge in [0.25, 0.3) is 0 Å². The van der Waals surface area contributed by atoms with Gasteiger partial charge in [-0.3, -0.25) is 4.68 Å². The van der Waals surface area contributed by atoms with Crippen LogP contribution in [0.4, 0.5) is 0 Å². The molecule has 0 radical (unpaired) electrons. The van der Waals surface area contributed by atoms with Crippen molar-refractivity contribution in [2.24, 2.45) is 7.05 Å². The number of nitrogens with one attached hydrogen (secondary N) is 1. The van der Waals surface area contributed by atoms with Gasteiger partial charge in [0.15, 0.2) is 5.22 Å². The molecule has 0 atom stereocenters. The Hall–Kier alpha value is -1.26. The van der Waals surface area contributed by atoms with Gasteiger partial charge in [-0.2, -0.15) is 5.10 Å². The Bertz CT molecular complexity index is 516. The molecule has 2 aromatic heterocycles. The van der Waals surface area contributed by atoms with Crippen molar-refractivity contribution in [2.75, 3.05) is 0 Å². The van der Waals surface area contributed by atoms with Crippen molar-refractivity contribution in [1.29, 1.82) is 0 Å². The van der Waals surface area contributed by atoms with Crippen molar-refractivity contribution in [2.45, 2.75) is 26.9 Å². The lowest BCUT2D eigenvalue weighted by Gasteiger charge is -2.03. The van der Waals surface area contributed by atoms with Crippen molar-refractivity contribution in [1.82, 2.24) is 15.1 Å². The maximum atomic E-state index is 5.70. The highest BCUT2D eigenvalue weighted by Gasteiger charge is 2.08. The van der Waals surface area contributed by atoms with Gasteiger partial charge in [-0.05, 0) is 37.6 Å². The highest BCUT2D eigenvalue weighted by molar-refractivity contribution is 6.28. The molecule has 0 saturated carbocycles. The summed E-state index contributed by atoms with van der Waals surface area (Å²) in [6.07, 6.45) is 0. The number of hydrogen-bond acceptors (Lipinski definition) is 3. The average Bonchev–Trinajstić information content (AvgIpc) is 2.78. The van der Waals surface area contributed by atoms with Crippen LogP contribution in [0.5, 0.6) is 0 Å². The molecule has 0 amide bonds. The fraction of sp³-hybridized carbons (Fsp3) is 0.417. The number of nitrogens with zero attached hydrogens (tertiary/aromatic N) is 2. The number of hydrogen-bond donors (Lipinski definition) is 1. The largest absolute Gasteiger partial charge is 0.448 e. The third-order valence-electron chi connectivity index (χ3n) is 2.89. The normalized spacial score (nSPS) is 11.1. The molecule has 1 N–H and O–H groups in total. The smallest absolute Gasteiger partial charge is 0.193 e. The van der Waals surface area contributed by atoms with Gasteiger partial charge < -0.3 is 9.73 Å². The van der Waals surface area contributed by atoms with E-state index in [-0.39, 0.29) is 0 Å². The van der Waals surface area contributed by atoms with Crippen LogP contribution in [0.2, 0.25) is 5.22 Å². The molecule has 2 aromatic rings. The Morgan fingerprint density at radius 1 is 1.35 bits per heavy atom. The Labute approximate surface area is 106 Å². The van der Waals surface area contributed by atoms with E-state index in [1.165, 1.54) is 11.3 Å². The first kappa shape index (κ1) is 12.2. The lowest BCUT2D eigenvalue weighted by molar-refractivity contribution is 0.484. The van der Waals surface area contributed by atoms with E-state index in [9.17, 15) is 0 Å². The van der Waals surface area contributed by atoms with E-state index in [1.54, 1.807) is 6.07 Å². The highest BCUT2D eigenvalue weighted by Crippen LogP contribution is 2.14. The van der Waals surface area contributed by atoms with Crippen LogP contribution in [0.1, 0.15) is 22.7 Å². The van der Waals surface area contributed by atoms with Crippen LogP contribution in [0.3, 0.4) is 0 Å². The summed E-state index contributed by atoms with van der Waals surface area (Å²) >= 11 is 5.70. The Morgan fingerprint density at radius 2 is 2.12 bits per heavy atom. The fourth-order valence-corrected chi connectivity index (χ4v) is 1.99. The zero-order valence-corrected chi connectivity index (χ0v) is 11.0. The highest BCUT2D eigenvalue weighted by atomic mass is 35.5. The molecule has 0 unspecified atom stereocenters. The molecule has 0 aliphatic rings. The molecule has 0 saturated heterocycles. The molecule has 2 rings (SSSR count). The van der Waals surface area contributed by atoms with Crippen LogP contribution in [-0.2, 0) is 20.1 Å². The van der Waals surface area contributed by atoms with Gasteiger partial charge >= 0.3 is 0 Å². The van der Waals surface area contributed by atoms with E-state index in [2.05, 4.69) is 17.3 Å². The molecular weight excluding hydrogens is 238 g/mol. The minimum Gasteiger partial charge on any atom is -0.448 e. The molecule has 0 bridgehead atoms. The second kappa shape index (κ2) is 4.94. The van der Waals surface area contributed by atoms with Gasteiger partial charge in [-0.1, -0.05) is 0 Å². The lowest BCUT2D eigenvalue weighted by Crippen LogP contribution is -2.13. The molecule has 0 spiro atoms. The number of furan rings is 1. The third kappa shape index (κ3) is 2.70. The minimum atomic E-state index is 0.426. The number of aryl methyl sites for hydroxylation is 2. The van der Waals surface area contributed by atoms with E-state index < -0.39 is 0 Å². The second-order valence-electron chi connectivity index (χ2n) is 4.08. The quantitative estimate of drug-likeness (QED) is 0.911. The minimum absolute atomic E-state index is 0.426. The molecule has 5 heteroatoms. The monoisotopic (exact) mass is 253 g/mol. The molecule has 0 fully saturated rings. The van der Waals surface area contributed by atoms with Crippen molar-refractivity contribution in [3.05, 3.63) is 40.1 Å². The maximum Gasteiger partial charge on any atom is 0.193 e. The fourth-order valence-electron chi connectivity index (χ4n) is 1.83. The third-order valence-corrected chi connectivity index (χ3v) is 3.09. The van der Waals surface area contributed by atoms with Crippen LogP contribution in [0.15, 0.2) is 16.5 Å². The molecular formula is C12H16ClN3O. The molecule has 2 heterocycles. The molecule has 4 nitrogen and oxygen atoms in total. The van der Waals surface area contributed by atoms with E-state index in [1.807, 2.05) is 24.7 Å². The predicted molar refractivity (Wildman–Crippen MR) is 66.9 cm³/mol. The molecule has 17 heavy (non-hydrogen) atoms. The Morgan fingerprint density at radius 3 is 2.65 bits per heavy atom. The van der Waals surface area contributed by atoms with Crippen LogP contribution in [-0.4, -0.2) is 9.78 Å². The van der Waals surface area contributed by atoms with E-state index in [4.69, 9.17) is 16.0 Å². The summed E-state index contributed by atoms with van der Waals surface area (Å²) in [6.45, 7) is 5.54. The van der Waals surface area contributed by atoms with E-state index in [0.717, 1.165) is 18.0 Å². The first-order valence-corrected chi connectivity index (χ1v) is 5.89. The van der Waals surface area contributed by atoms with Gasteiger partial charge in [0.1, 0.15) is 5.76 Å². The van der Waals surface area contributed by atoms with Gasteiger partial charge in [0.05, 0.1) is 12.2 Å². The predicted octanol–water partition coefficient (Wildman–Crippen LogP) is 2.57. The Kier molecular flexibility index (Phi) is 3.54. The number of rotatable bonds is 4. The first-order chi connectivity index (χ1) is 8.08. The Balaban J connectivity index is 1.94. The van der Waals surface area contributed by atoms with E-state index in [0.29, 0.717) is 11.8 Å². The zero-order chi connectivity index (χ0) is 12.4. The molecule has 0 aliphatic carbocycles. The van der Waals surface area contributed by atoms with Crippen molar-refractivity contribution in [3.63, 3.8) is 0 Å². The molecule has 92 valence electrons. The maximum absolute atomic E-state index is 5.70. The number of halogens is 1. The van der Waals surface area contributed by atoms with E-state index >= 15 is 0 Å². The van der Waals surface area contributed by atoms with Gasteiger partial charge in [0.2, 0.25) is 0 Å². The SMILES string of the molecule is Cc1nn(C)c(C)c1CNCc1ccc(Cl)o1. The van der Waals surface area contributed by atoms with Crippen molar-refractivity contribution >= 4 is 11.6 Å². The summed E-state index contributed by atoms with van der Waals surface area (Å²) in [7, 11) is 1.96.